The van der Waals surface area contributed by atoms with E-state index in [-0.39, 0.29) is 0 Å². The first-order valence-corrected chi connectivity index (χ1v) is 26.9. The molecule has 4 N–H and O–H groups in total. The van der Waals surface area contributed by atoms with Gasteiger partial charge >= 0.3 is 0 Å². The quantitative estimate of drug-likeness (QED) is 0.0358. The second-order valence-corrected chi connectivity index (χ2v) is 19.5. The van der Waals surface area contributed by atoms with Crippen molar-refractivity contribution >= 4 is 16.0 Å². The molecule has 3 atom stereocenters. The summed E-state index contributed by atoms with van der Waals surface area (Å²) in [5.74, 6) is -1.44. The summed E-state index contributed by atoms with van der Waals surface area (Å²) < 4.78 is 32.8. The molecule has 0 saturated carbocycles. The SMILES string of the molecule is CCCCCCCCCCCCCCCCCCCCCCC(O)C(=O)NC(CS(=O)(=O)O)C(O)CCCCCCCCCCCCCCCCCCCCCC. The molecule has 57 heavy (non-hydrogen) atoms. The van der Waals surface area contributed by atoms with Crippen molar-refractivity contribution in [1.29, 1.82) is 0 Å². The predicted molar refractivity (Wildman–Crippen MR) is 246 cm³/mol. The van der Waals surface area contributed by atoms with Crippen molar-refractivity contribution in [3.05, 3.63) is 0 Å². The minimum Gasteiger partial charge on any atom is -0.391 e. The number of nitrogens with one attached hydrogen (secondary N) is 1. The Balaban J connectivity index is 3.82. The molecule has 7 nitrogen and oxygen atoms in total. The van der Waals surface area contributed by atoms with E-state index in [1.165, 1.54) is 212 Å². The highest BCUT2D eigenvalue weighted by molar-refractivity contribution is 7.85. The fourth-order valence-electron chi connectivity index (χ4n) is 8.29. The molecule has 0 saturated heterocycles. The molecule has 0 spiro atoms. The van der Waals surface area contributed by atoms with E-state index in [0.29, 0.717) is 12.8 Å². The molecule has 1 amide bonds. The average molecular weight is 830 g/mol. The van der Waals surface area contributed by atoms with Crippen molar-refractivity contribution in [3.8, 4) is 0 Å². The van der Waals surface area contributed by atoms with Gasteiger partial charge in [-0.2, -0.15) is 8.42 Å². The number of hydrogen-bond acceptors (Lipinski definition) is 5. The van der Waals surface area contributed by atoms with Crippen LogP contribution in [0.1, 0.15) is 284 Å². The average Bonchev–Trinajstić information content (AvgIpc) is 3.18. The van der Waals surface area contributed by atoms with E-state index < -0.39 is 40.0 Å². The third-order valence-electron chi connectivity index (χ3n) is 12.2. The normalized spacial score (nSPS) is 13.6. The van der Waals surface area contributed by atoms with Crippen molar-refractivity contribution in [1.82, 2.24) is 5.32 Å². The number of carbonyl (C=O) groups is 1. The third kappa shape index (κ3) is 43.2. The van der Waals surface area contributed by atoms with E-state index in [0.717, 1.165) is 44.9 Å². The smallest absolute Gasteiger partial charge is 0.266 e. The van der Waals surface area contributed by atoms with Crippen LogP contribution in [0.15, 0.2) is 0 Å². The molecule has 0 radical (unpaired) electrons. The van der Waals surface area contributed by atoms with Crippen molar-refractivity contribution in [2.75, 3.05) is 5.75 Å². The Morgan fingerprint density at radius 2 is 0.632 bits per heavy atom. The zero-order valence-corrected chi connectivity index (χ0v) is 38.9. The molecule has 0 aliphatic rings. The van der Waals surface area contributed by atoms with Gasteiger partial charge in [0.2, 0.25) is 5.91 Å². The van der Waals surface area contributed by atoms with Crippen molar-refractivity contribution < 1.29 is 28.0 Å². The lowest BCUT2D eigenvalue weighted by Crippen LogP contribution is -2.50. The van der Waals surface area contributed by atoms with Crippen LogP contribution >= 0.6 is 0 Å². The molecule has 0 aliphatic heterocycles. The maximum atomic E-state index is 12.7. The van der Waals surface area contributed by atoms with Gasteiger partial charge in [0.25, 0.3) is 10.1 Å². The Morgan fingerprint density at radius 1 is 0.404 bits per heavy atom. The van der Waals surface area contributed by atoms with Crippen LogP contribution < -0.4 is 5.32 Å². The zero-order chi connectivity index (χ0) is 41.9. The lowest BCUT2D eigenvalue weighted by molar-refractivity contribution is -0.131. The molecule has 0 aromatic heterocycles. The maximum Gasteiger partial charge on any atom is 0.266 e. The highest BCUT2D eigenvalue weighted by atomic mass is 32.2. The van der Waals surface area contributed by atoms with Crippen molar-refractivity contribution in [3.63, 3.8) is 0 Å². The van der Waals surface area contributed by atoms with Crippen LogP contribution in [-0.4, -0.2) is 53.1 Å². The van der Waals surface area contributed by atoms with Crippen LogP contribution in [0.3, 0.4) is 0 Å². The van der Waals surface area contributed by atoms with Gasteiger partial charge in [-0.15, -0.1) is 0 Å². The minimum atomic E-state index is -4.41. The fourth-order valence-corrected chi connectivity index (χ4v) is 9.05. The van der Waals surface area contributed by atoms with Gasteiger partial charge in [0.05, 0.1) is 17.9 Å². The highest BCUT2D eigenvalue weighted by Crippen LogP contribution is 2.18. The number of aliphatic hydroxyl groups excluding tert-OH is 2. The molecule has 0 fully saturated rings. The number of unbranched alkanes of at least 4 members (excludes halogenated alkanes) is 38. The van der Waals surface area contributed by atoms with Crippen LogP contribution in [0, 0.1) is 0 Å². The lowest BCUT2D eigenvalue weighted by Gasteiger charge is -2.24. The van der Waals surface area contributed by atoms with E-state index in [1.807, 2.05) is 0 Å². The summed E-state index contributed by atoms with van der Waals surface area (Å²) in [6.45, 7) is 4.55. The van der Waals surface area contributed by atoms with Crippen LogP contribution in [0.25, 0.3) is 0 Å². The molecule has 342 valence electrons. The molecule has 0 aliphatic carbocycles. The predicted octanol–water partition coefficient (Wildman–Crippen LogP) is 14.5. The lowest BCUT2D eigenvalue weighted by atomic mass is 10.0. The maximum absolute atomic E-state index is 12.7. The van der Waals surface area contributed by atoms with Gasteiger partial charge in [-0.3, -0.25) is 9.35 Å². The molecule has 3 unspecified atom stereocenters. The molecule has 0 heterocycles. The summed E-state index contributed by atoms with van der Waals surface area (Å²) in [4.78, 5) is 12.7. The van der Waals surface area contributed by atoms with Crippen molar-refractivity contribution in [2.45, 2.75) is 302 Å². The van der Waals surface area contributed by atoms with Gasteiger partial charge in [-0.1, -0.05) is 271 Å². The van der Waals surface area contributed by atoms with E-state index in [1.54, 1.807) is 0 Å². The van der Waals surface area contributed by atoms with Crippen LogP contribution in [-0.2, 0) is 14.9 Å². The summed E-state index contributed by atoms with van der Waals surface area (Å²) in [6, 6.07) is -1.14. The highest BCUT2D eigenvalue weighted by Gasteiger charge is 2.28. The molecule has 0 aromatic rings. The summed E-state index contributed by atoms with van der Waals surface area (Å²) in [5, 5.41) is 23.7. The first-order valence-electron chi connectivity index (χ1n) is 25.3. The van der Waals surface area contributed by atoms with Crippen LogP contribution in [0.5, 0.6) is 0 Å². The summed E-state index contributed by atoms with van der Waals surface area (Å²) >= 11 is 0. The van der Waals surface area contributed by atoms with Gasteiger partial charge in [-0.25, -0.2) is 0 Å². The van der Waals surface area contributed by atoms with E-state index in [2.05, 4.69) is 19.2 Å². The second kappa shape index (κ2) is 43.4. The molecular weight excluding hydrogens is 731 g/mol. The van der Waals surface area contributed by atoms with E-state index >= 15 is 0 Å². The summed E-state index contributed by atoms with van der Waals surface area (Å²) in [7, 11) is -4.41. The topological polar surface area (TPSA) is 124 Å². The molecular formula is C49H99NO6S. The van der Waals surface area contributed by atoms with Gasteiger partial charge in [-0.05, 0) is 12.8 Å². The molecule has 0 aromatic carbocycles. The summed E-state index contributed by atoms with van der Waals surface area (Å²) in [6.07, 6.45) is 49.9. The Morgan fingerprint density at radius 3 is 0.877 bits per heavy atom. The van der Waals surface area contributed by atoms with E-state index in [9.17, 15) is 28.0 Å². The Hall–Kier alpha value is -0.700. The van der Waals surface area contributed by atoms with Gasteiger partial charge in [0.1, 0.15) is 6.10 Å². The summed E-state index contributed by atoms with van der Waals surface area (Å²) in [5.41, 5.74) is 0. The Bertz CT molecular complexity index is 931. The number of rotatable bonds is 47. The van der Waals surface area contributed by atoms with Gasteiger partial charge in [0.15, 0.2) is 0 Å². The number of aliphatic hydroxyl groups is 2. The zero-order valence-electron chi connectivity index (χ0n) is 38.1. The minimum absolute atomic E-state index is 0.304. The molecule has 8 heteroatoms. The first-order chi connectivity index (χ1) is 27.7. The first kappa shape index (κ1) is 56.3. The second-order valence-electron chi connectivity index (χ2n) is 18.0. The Labute approximate surface area is 355 Å². The third-order valence-corrected chi connectivity index (χ3v) is 12.9. The largest absolute Gasteiger partial charge is 0.391 e. The standard InChI is InChI=1S/C49H99NO6S/c1-3-5-7-9-11-13-15-17-19-21-23-25-27-29-31-33-35-37-39-41-43-47(51)46(45-57(54,55)56)50-49(53)48(52)44-42-40-38-36-34-32-30-28-26-24-22-20-18-16-14-12-10-8-6-4-2/h46-48,51-52H,3-45H2,1-2H3,(H,50,53)(H,54,55,56). The van der Waals surface area contributed by atoms with E-state index in [4.69, 9.17) is 0 Å². The van der Waals surface area contributed by atoms with Gasteiger partial charge in [0, 0.05) is 0 Å². The fraction of sp³-hybridized carbons (Fsp3) is 0.980. The van der Waals surface area contributed by atoms with Gasteiger partial charge < -0.3 is 15.5 Å². The molecule has 0 bridgehead atoms. The number of hydrogen-bond donors (Lipinski definition) is 4. The van der Waals surface area contributed by atoms with Crippen molar-refractivity contribution in [2.24, 2.45) is 0 Å². The molecule has 0 rings (SSSR count). The van der Waals surface area contributed by atoms with Crippen LogP contribution in [0.2, 0.25) is 0 Å². The Kier molecular flexibility index (Phi) is 42.9. The number of carbonyl (C=O) groups excluding carboxylic acids is 1. The van der Waals surface area contributed by atoms with Crippen LogP contribution in [0.4, 0.5) is 0 Å². The monoisotopic (exact) mass is 830 g/mol. The number of amides is 1.